The number of likely N-dealkylation sites (tertiary alicyclic amines) is 1. The number of nitrogens with two attached hydrogens (primary N) is 1. The van der Waals surface area contributed by atoms with Gasteiger partial charge in [0, 0.05) is 22.3 Å². The molecule has 1 aromatic rings. The average molecular weight is 295 g/mol. The van der Waals surface area contributed by atoms with E-state index in [4.69, 9.17) is 5.73 Å². The quantitative estimate of drug-likeness (QED) is 0.896. The molecular weight excluding hydrogens is 264 g/mol. The summed E-state index contributed by atoms with van der Waals surface area (Å²) in [5.74, 6) is 0. The van der Waals surface area contributed by atoms with E-state index in [0.29, 0.717) is 6.04 Å². The highest BCUT2D eigenvalue weighted by molar-refractivity contribution is 7.12. The molecule has 2 atom stereocenters. The minimum atomic E-state index is 0.244. The summed E-state index contributed by atoms with van der Waals surface area (Å²) in [5, 5.41) is 0. The van der Waals surface area contributed by atoms with Gasteiger partial charge in [-0.25, -0.2) is 0 Å². The highest BCUT2D eigenvalue weighted by Crippen LogP contribution is 2.36. The summed E-state index contributed by atoms with van der Waals surface area (Å²) >= 11 is 1.96. The van der Waals surface area contributed by atoms with Crippen LogP contribution in [0.3, 0.4) is 0 Å². The molecular formula is C17H30N2S. The third-order valence-corrected chi connectivity index (χ3v) is 6.07. The maximum Gasteiger partial charge on any atom is 0.0566 e. The van der Waals surface area contributed by atoms with Crippen molar-refractivity contribution in [2.24, 2.45) is 5.73 Å². The van der Waals surface area contributed by atoms with Crippen molar-refractivity contribution < 1.29 is 0 Å². The van der Waals surface area contributed by atoms with Gasteiger partial charge in [0.05, 0.1) is 6.04 Å². The van der Waals surface area contributed by atoms with Gasteiger partial charge >= 0.3 is 0 Å². The van der Waals surface area contributed by atoms with Crippen molar-refractivity contribution in [1.29, 1.82) is 0 Å². The van der Waals surface area contributed by atoms with Gasteiger partial charge in [0.2, 0.25) is 0 Å². The average Bonchev–Trinajstić information content (AvgIpc) is 2.90. The fraction of sp³-hybridized carbons (Fsp3) is 0.765. The Balaban J connectivity index is 2.20. The molecule has 1 aliphatic rings. The maximum atomic E-state index is 6.14. The number of hydrogen-bond acceptors (Lipinski definition) is 3. The highest BCUT2D eigenvalue weighted by Gasteiger charge is 2.29. The van der Waals surface area contributed by atoms with Crippen LogP contribution in [0.15, 0.2) is 12.1 Å². The lowest BCUT2D eigenvalue weighted by molar-refractivity contribution is 0.0966. The van der Waals surface area contributed by atoms with Crippen molar-refractivity contribution in [1.82, 2.24) is 4.90 Å². The van der Waals surface area contributed by atoms with E-state index in [9.17, 15) is 0 Å². The molecule has 3 heteroatoms. The number of hydrogen-bond donors (Lipinski definition) is 1. The van der Waals surface area contributed by atoms with Crippen LogP contribution in [0.25, 0.3) is 0 Å². The van der Waals surface area contributed by atoms with Crippen molar-refractivity contribution >= 4 is 11.3 Å². The molecule has 2 rings (SSSR count). The minimum absolute atomic E-state index is 0.244. The van der Waals surface area contributed by atoms with Crippen LogP contribution in [0.2, 0.25) is 0 Å². The molecule has 1 fully saturated rings. The first-order valence-corrected chi connectivity index (χ1v) is 8.85. The fourth-order valence-corrected chi connectivity index (χ4v) is 4.42. The van der Waals surface area contributed by atoms with Crippen molar-refractivity contribution in [3.63, 3.8) is 0 Å². The third kappa shape index (κ3) is 3.44. The summed E-state index contributed by atoms with van der Waals surface area (Å²) < 4.78 is 0. The number of nitrogens with zero attached hydrogens (tertiary/aromatic N) is 1. The summed E-state index contributed by atoms with van der Waals surface area (Å²) in [6.07, 6.45) is 5.28. The Morgan fingerprint density at radius 1 is 1.35 bits per heavy atom. The van der Waals surface area contributed by atoms with Gasteiger partial charge in [-0.05, 0) is 43.4 Å². The van der Waals surface area contributed by atoms with Crippen molar-refractivity contribution in [3.8, 4) is 0 Å². The van der Waals surface area contributed by atoms with Crippen LogP contribution in [0, 0.1) is 0 Å². The lowest BCUT2D eigenvalue weighted by Crippen LogP contribution is -2.44. The van der Waals surface area contributed by atoms with E-state index in [2.05, 4.69) is 44.7 Å². The smallest absolute Gasteiger partial charge is 0.0566 e. The van der Waals surface area contributed by atoms with Gasteiger partial charge in [-0.1, -0.05) is 34.1 Å². The predicted octanol–water partition coefficient (Wildman–Crippen LogP) is 4.31. The number of piperidine rings is 1. The molecule has 0 aliphatic carbocycles. The SMILES string of the molecule is CCC1CCCCN1C(CN)c1ccc(C(C)(C)C)s1. The van der Waals surface area contributed by atoms with Crippen LogP contribution in [-0.4, -0.2) is 24.0 Å². The zero-order valence-electron chi connectivity index (χ0n) is 13.5. The zero-order valence-corrected chi connectivity index (χ0v) is 14.3. The second-order valence-corrected chi connectivity index (χ2v) is 8.11. The van der Waals surface area contributed by atoms with Crippen molar-refractivity contribution in [2.45, 2.75) is 70.9 Å². The number of rotatable bonds is 4. The van der Waals surface area contributed by atoms with Crippen molar-refractivity contribution in [3.05, 3.63) is 21.9 Å². The molecule has 0 radical (unpaired) electrons. The van der Waals surface area contributed by atoms with Gasteiger partial charge in [-0.3, -0.25) is 4.90 Å². The first kappa shape index (κ1) is 16.0. The van der Waals surface area contributed by atoms with E-state index in [-0.39, 0.29) is 5.41 Å². The van der Waals surface area contributed by atoms with E-state index in [1.807, 2.05) is 11.3 Å². The van der Waals surface area contributed by atoms with Crippen LogP contribution in [0.5, 0.6) is 0 Å². The molecule has 2 heterocycles. The van der Waals surface area contributed by atoms with Crippen LogP contribution < -0.4 is 5.73 Å². The summed E-state index contributed by atoms with van der Waals surface area (Å²) in [4.78, 5) is 5.59. The van der Waals surface area contributed by atoms with E-state index >= 15 is 0 Å². The molecule has 1 saturated heterocycles. The number of thiophene rings is 1. The molecule has 0 bridgehead atoms. The van der Waals surface area contributed by atoms with Crippen LogP contribution in [0.1, 0.15) is 69.2 Å². The molecule has 2 nitrogen and oxygen atoms in total. The summed E-state index contributed by atoms with van der Waals surface area (Å²) in [6, 6.07) is 5.75. The lowest BCUT2D eigenvalue weighted by atomic mass is 9.95. The molecule has 114 valence electrons. The Labute approximate surface area is 128 Å². The zero-order chi connectivity index (χ0) is 14.8. The molecule has 1 aliphatic heterocycles. The maximum absolute atomic E-state index is 6.14. The van der Waals surface area contributed by atoms with Crippen LogP contribution >= 0.6 is 11.3 Å². The highest BCUT2D eigenvalue weighted by atomic mass is 32.1. The summed E-state index contributed by atoms with van der Waals surface area (Å²) in [6.45, 7) is 11.1. The molecule has 0 amide bonds. The first-order chi connectivity index (χ1) is 9.47. The topological polar surface area (TPSA) is 29.3 Å². The van der Waals surface area contributed by atoms with Gasteiger partial charge in [0.25, 0.3) is 0 Å². The molecule has 1 aromatic heterocycles. The largest absolute Gasteiger partial charge is 0.329 e. The third-order valence-electron chi connectivity index (χ3n) is 4.46. The minimum Gasteiger partial charge on any atom is -0.329 e. The molecule has 2 unspecified atom stereocenters. The summed E-state index contributed by atoms with van der Waals surface area (Å²) in [7, 11) is 0. The second-order valence-electron chi connectivity index (χ2n) is 7.00. The Hall–Kier alpha value is -0.380. The molecule has 0 aromatic carbocycles. The molecule has 0 spiro atoms. The summed E-state index contributed by atoms with van der Waals surface area (Å²) in [5.41, 5.74) is 6.38. The first-order valence-electron chi connectivity index (χ1n) is 8.03. The molecule has 0 saturated carbocycles. The van der Waals surface area contributed by atoms with Gasteiger partial charge in [-0.15, -0.1) is 11.3 Å². The Kier molecular flexibility index (Phi) is 5.27. The lowest BCUT2D eigenvalue weighted by Gasteiger charge is -2.40. The van der Waals surface area contributed by atoms with E-state index in [0.717, 1.165) is 12.6 Å². The second kappa shape index (κ2) is 6.59. The van der Waals surface area contributed by atoms with Gasteiger partial charge in [0.1, 0.15) is 0 Å². The van der Waals surface area contributed by atoms with Gasteiger partial charge in [-0.2, -0.15) is 0 Å². The Bertz CT molecular complexity index is 419. The van der Waals surface area contributed by atoms with Crippen molar-refractivity contribution in [2.75, 3.05) is 13.1 Å². The Morgan fingerprint density at radius 2 is 2.10 bits per heavy atom. The monoisotopic (exact) mass is 294 g/mol. The standard InChI is InChI=1S/C17H30N2S/c1-5-13-8-6-7-11-19(13)14(12-18)15-9-10-16(20-15)17(2,3)4/h9-10,13-14H,5-8,11-12,18H2,1-4H3. The van der Waals surface area contributed by atoms with Crippen LogP contribution in [-0.2, 0) is 5.41 Å². The van der Waals surface area contributed by atoms with Gasteiger partial charge in [0.15, 0.2) is 0 Å². The normalized spacial score (nSPS) is 22.9. The fourth-order valence-electron chi connectivity index (χ4n) is 3.22. The van der Waals surface area contributed by atoms with E-state index in [1.54, 1.807) is 0 Å². The molecule has 2 N–H and O–H groups in total. The van der Waals surface area contributed by atoms with E-state index in [1.165, 1.54) is 42.0 Å². The molecule has 20 heavy (non-hydrogen) atoms. The van der Waals surface area contributed by atoms with Gasteiger partial charge < -0.3 is 5.73 Å². The predicted molar refractivity (Wildman–Crippen MR) is 89.5 cm³/mol. The van der Waals surface area contributed by atoms with Crippen LogP contribution in [0.4, 0.5) is 0 Å². The van der Waals surface area contributed by atoms with E-state index < -0.39 is 0 Å². The Morgan fingerprint density at radius 3 is 2.65 bits per heavy atom.